The van der Waals surface area contributed by atoms with Gasteiger partial charge in [-0.15, -0.1) is 0 Å². The summed E-state index contributed by atoms with van der Waals surface area (Å²) in [7, 11) is 0. The molecule has 0 radical (unpaired) electrons. The molecule has 1 fully saturated rings. The van der Waals surface area contributed by atoms with Gasteiger partial charge in [-0.2, -0.15) is 18.3 Å². The molecule has 0 saturated carbocycles. The minimum absolute atomic E-state index is 0.0376. The van der Waals surface area contributed by atoms with E-state index in [1.54, 1.807) is 21.8 Å². The number of hydrogen-bond acceptors (Lipinski definition) is 4. The quantitative estimate of drug-likeness (QED) is 0.632. The van der Waals surface area contributed by atoms with E-state index >= 15 is 0 Å². The molecule has 6 nitrogen and oxygen atoms in total. The standard InChI is InChI=1S/C15H15F3N4O2/c16-15(17,18)11-4-5-13(14(9-11)22(23)24)20-7-1-3-12(10-20)21-8-2-6-19-21/h2,4-6,8-9,12H,1,3,7,10H2. The molecule has 0 amide bonds. The number of rotatable bonds is 3. The molecule has 1 atom stereocenters. The third-order valence-electron chi connectivity index (χ3n) is 4.14. The Bertz CT molecular complexity index is 731. The van der Waals surface area contributed by atoms with Gasteiger partial charge in [0, 0.05) is 31.5 Å². The Kier molecular flexibility index (Phi) is 4.16. The van der Waals surface area contributed by atoms with Crippen LogP contribution >= 0.6 is 0 Å². The van der Waals surface area contributed by atoms with Crippen molar-refractivity contribution in [1.29, 1.82) is 0 Å². The summed E-state index contributed by atoms with van der Waals surface area (Å²) in [5.41, 5.74) is -1.32. The first kappa shape index (κ1) is 16.3. The third kappa shape index (κ3) is 3.19. The van der Waals surface area contributed by atoms with Crippen LogP contribution in [-0.2, 0) is 6.18 Å². The van der Waals surface area contributed by atoms with E-state index in [4.69, 9.17) is 0 Å². The average Bonchev–Trinajstić information content (AvgIpc) is 3.08. The van der Waals surface area contributed by atoms with Gasteiger partial charge in [-0.3, -0.25) is 14.8 Å². The molecule has 0 bridgehead atoms. The first-order chi connectivity index (χ1) is 11.4. The summed E-state index contributed by atoms with van der Waals surface area (Å²) in [6.45, 7) is 1.03. The predicted molar refractivity (Wildman–Crippen MR) is 80.8 cm³/mol. The molecule has 2 aromatic rings. The first-order valence-corrected chi connectivity index (χ1v) is 7.46. The second kappa shape index (κ2) is 6.14. The molecule has 0 aliphatic carbocycles. The van der Waals surface area contributed by atoms with Gasteiger partial charge in [0.15, 0.2) is 0 Å². The summed E-state index contributed by atoms with van der Waals surface area (Å²) < 4.78 is 40.2. The maximum Gasteiger partial charge on any atom is 0.416 e. The predicted octanol–water partition coefficient (Wildman–Crippen LogP) is 3.65. The van der Waals surface area contributed by atoms with Crippen LogP contribution in [-0.4, -0.2) is 27.8 Å². The van der Waals surface area contributed by atoms with Crippen LogP contribution in [0.2, 0.25) is 0 Å². The summed E-state index contributed by atoms with van der Waals surface area (Å²) in [5, 5.41) is 15.4. The van der Waals surface area contributed by atoms with Crippen LogP contribution in [0.5, 0.6) is 0 Å². The molecule has 1 aliphatic rings. The Morgan fingerprint density at radius 3 is 2.75 bits per heavy atom. The summed E-state index contributed by atoms with van der Waals surface area (Å²) in [6.07, 6.45) is 0.507. The highest BCUT2D eigenvalue weighted by Crippen LogP contribution is 2.38. The number of piperidine rings is 1. The number of benzene rings is 1. The van der Waals surface area contributed by atoms with E-state index in [0.29, 0.717) is 19.2 Å². The SMILES string of the molecule is O=[N+]([O-])c1cc(C(F)(F)F)ccc1N1CCCC(n2cccn2)C1. The van der Waals surface area contributed by atoms with Crippen molar-refractivity contribution in [3.05, 3.63) is 52.3 Å². The number of hydrogen-bond donors (Lipinski definition) is 0. The normalized spacial score (nSPS) is 18.6. The lowest BCUT2D eigenvalue weighted by atomic mass is 10.0. The molecule has 2 heterocycles. The van der Waals surface area contributed by atoms with Crippen molar-refractivity contribution < 1.29 is 18.1 Å². The highest BCUT2D eigenvalue weighted by Gasteiger charge is 2.34. The van der Waals surface area contributed by atoms with Gasteiger partial charge >= 0.3 is 6.18 Å². The van der Waals surface area contributed by atoms with Crippen LogP contribution in [0.15, 0.2) is 36.7 Å². The molecule has 1 saturated heterocycles. The largest absolute Gasteiger partial charge is 0.416 e. The topological polar surface area (TPSA) is 64.2 Å². The van der Waals surface area contributed by atoms with Gasteiger partial charge in [0.2, 0.25) is 0 Å². The summed E-state index contributed by atoms with van der Waals surface area (Å²) >= 11 is 0. The summed E-state index contributed by atoms with van der Waals surface area (Å²) in [4.78, 5) is 12.2. The number of anilines is 1. The second-order valence-corrected chi connectivity index (χ2v) is 5.69. The number of nitro benzene ring substituents is 1. The Labute approximate surface area is 135 Å². The molecule has 1 aliphatic heterocycles. The number of halogens is 3. The lowest BCUT2D eigenvalue weighted by molar-refractivity contribution is -0.384. The zero-order valence-electron chi connectivity index (χ0n) is 12.6. The third-order valence-corrected chi connectivity index (χ3v) is 4.14. The highest BCUT2D eigenvalue weighted by atomic mass is 19.4. The Morgan fingerprint density at radius 1 is 1.33 bits per heavy atom. The second-order valence-electron chi connectivity index (χ2n) is 5.69. The molecule has 0 spiro atoms. The smallest absolute Gasteiger partial charge is 0.364 e. The number of aromatic nitrogens is 2. The van der Waals surface area contributed by atoms with Crippen LogP contribution in [0.4, 0.5) is 24.5 Å². The van der Waals surface area contributed by atoms with Crippen LogP contribution in [0, 0.1) is 10.1 Å². The zero-order chi connectivity index (χ0) is 17.3. The van der Waals surface area contributed by atoms with Gasteiger partial charge in [0.25, 0.3) is 5.69 Å². The summed E-state index contributed by atoms with van der Waals surface area (Å²) in [6, 6.07) is 4.51. The minimum atomic E-state index is -4.61. The van der Waals surface area contributed by atoms with E-state index < -0.39 is 22.4 Å². The zero-order valence-corrected chi connectivity index (χ0v) is 12.6. The van der Waals surface area contributed by atoms with Gasteiger partial charge in [0.1, 0.15) is 5.69 Å². The fourth-order valence-electron chi connectivity index (χ4n) is 3.00. The highest BCUT2D eigenvalue weighted by molar-refractivity contribution is 5.65. The molecule has 1 aromatic heterocycles. The van der Waals surface area contributed by atoms with E-state index in [2.05, 4.69) is 5.10 Å². The Balaban J connectivity index is 1.92. The van der Waals surface area contributed by atoms with Crippen molar-refractivity contribution in [2.24, 2.45) is 0 Å². The lowest BCUT2D eigenvalue weighted by Crippen LogP contribution is -2.37. The molecule has 1 unspecified atom stereocenters. The van der Waals surface area contributed by atoms with Crippen molar-refractivity contribution in [3.8, 4) is 0 Å². The monoisotopic (exact) mass is 340 g/mol. The average molecular weight is 340 g/mol. The molecular formula is C15H15F3N4O2. The fourth-order valence-corrected chi connectivity index (χ4v) is 3.00. The number of alkyl halides is 3. The molecule has 9 heteroatoms. The number of nitrogens with zero attached hydrogens (tertiary/aromatic N) is 4. The van der Waals surface area contributed by atoms with Crippen LogP contribution in [0.3, 0.4) is 0 Å². The van der Waals surface area contributed by atoms with E-state index in [1.165, 1.54) is 6.07 Å². The molecule has 24 heavy (non-hydrogen) atoms. The fraction of sp³-hybridized carbons (Fsp3) is 0.400. The van der Waals surface area contributed by atoms with Crippen molar-refractivity contribution in [1.82, 2.24) is 9.78 Å². The lowest BCUT2D eigenvalue weighted by Gasteiger charge is -2.34. The maximum absolute atomic E-state index is 12.8. The minimum Gasteiger partial charge on any atom is -0.364 e. The van der Waals surface area contributed by atoms with E-state index in [-0.39, 0.29) is 11.7 Å². The molecule has 0 N–H and O–H groups in total. The number of nitro groups is 1. The van der Waals surface area contributed by atoms with Crippen LogP contribution in [0.1, 0.15) is 24.4 Å². The van der Waals surface area contributed by atoms with Crippen molar-refractivity contribution >= 4 is 11.4 Å². The van der Waals surface area contributed by atoms with Crippen LogP contribution < -0.4 is 4.90 Å². The first-order valence-electron chi connectivity index (χ1n) is 7.46. The molecule has 3 rings (SSSR count). The van der Waals surface area contributed by atoms with Crippen molar-refractivity contribution in [3.63, 3.8) is 0 Å². The van der Waals surface area contributed by atoms with Crippen LogP contribution in [0.25, 0.3) is 0 Å². The van der Waals surface area contributed by atoms with Gasteiger partial charge in [-0.25, -0.2) is 0 Å². The molecule has 128 valence electrons. The van der Waals surface area contributed by atoms with Gasteiger partial charge in [-0.05, 0) is 31.0 Å². The van der Waals surface area contributed by atoms with Gasteiger partial charge in [0.05, 0.1) is 16.5 Å². The summed E-state index contributed by atoms with van der Waals surface area (Å²) in [5.74, 6) is 0. The van der Waals surface area contributed by atoms with E-state index in [1.807, 2.05) is 6.20 Å². The maximum atomic E-state index is 12.8. The molecule has 1 aromatic carbocycles. The van der Waals surface area contributed by atoms with E-state index in [9.17, 15) is 23.3 Å². The van der Waals surface area contributed by atoms with Crippen molar-refractivity contribution in [2.45, 2.75) is 25.1 Å². The van der Waals surface area contributed by atoms with Crippen molar-refractivity contribution in [2.75, 3.05) is 18.0 Å². The van der Waals surface area contributed by atoms with Gasteiger partial charge in [-0.1, -0.05) is 0 Å². The van der Waals surface area contributed by atoms with Gasteiger partial charge < -0.3 is 4.90 Å². The molecular weight excluding hydrogens is 325 g/mol. The Morgan fingerprint density at radius 2 is 2.12 bits per heavy atom. The Hall–Kier alpha value is -2.58. The van der Waals surface area contributed by atoms with E-state index in [0.717, 1.165) is 18.9 Å².